The van der Waals surface area contributed by atoms with Crippen LogP contribution >= 0.6 is 0 Å². The molecule has 1 rings (SSSR count). The summed E-state index contributed by atoms with van der Waals surface area (Å²) in [7, 11) is 2.94. The maximum atomic E-state index is 11.2. The molecule has 13 heavy (non-hydrogen) atoms. The van der Waals surface area contributed by atoms with E-state index < -0.39 is 6.23 Å². The summed E-state index contributed by atoms with van der Waals surface area (Å²) in [6.45, 7) is 0. The Hall–Kier alpha value is -1.36. The lowest BCUT2D eigenvalue weighted by Gasteiger charge is -2.28. The second kappa shape index (κ2) is 3.57. The highest BCUT2D eigenvalue weighted by atomic mass is 16.3. The Kier molecular flexibility index (Phi) is 2.67. The fourth-order valence-corrected chi connectivity index (χ4v) is 1.15. The molecule has 1 heterocycles. The summed E-state index contributed by atoms with van der Waals surface area (Å²) in [5, 5.41) is 11.9. The van der Waals surface area contributed by atoms with Gasteiger partial charge < -0.3 is 15.3 Å². The number of hydrogen-bond acceptors (Lipinski definition) is 3. The Bertz CT molecular complexity index is 273. The number of aliphatic hydroxyl groups excluding tert-OH is 1. The van der Waals surface area contributed by atoms with Crippen LogP contribution in [-0.4, -0.2) is 42.1 Å². The predicted octanol–water partition coefficient (Wildman–Crippen LogP) is -1.16. The smallest absolute Gasteiger partial charge is 0.251 e. The number of nitrogens with one attached hydrogen (secondary N) is 1. The molecule has 0 bridgehead atoms. The van der Waals surface area contributed by atoms with Gasteiger partial charge >= 0.3 is 0 Å². The standard InChI is InChI=1S/C8H12N2O3/c1-9-7(12)5-3-4-6(11)10(2)8(5)13/h3,8,13H,4H2,1-2H3,(H,9,12). The molecule has 0 fully saturated rings. The highest BCUT2D eigenvalue weighted by Gasteiger charge is 2.28. The number of carbonyl (C=O) groups excluding carboxylic acids is 2. The first-order valence-electron chi connectivity index (χ1n) is 3.93. The summed E-state index contributed by atoms with van der Waals surface area (Å²) in [6, 6.07) is 0. The van der Waals surface area contributed by atoms with E-state index in [4.69, 9.17) is 0 Å². The SMILES string of the molecule is CNC(=O)C1=CCC(=O)N(C)C1O. The van der Waals surface area contributed by atoms with Crippen LogP contribution in [0.25, 0.3) is 0 Å². The van der Waals surface area contributed by atoms with Crippen molar-refractivity contribution in [3.63, 3.8) is 0 Å². The summed E-state index contributed by atoms with van der Waals surface area (Å²) in [4.78, 5) is 23.3. The molecule has 0 saturated heterocycles. The third-order valence-electron chi connectivity index (χ3n) is 2.02. The highest BCUT2D eigenvalue weighted by molar-refractivity contribution is 5.97. The van der Waals surface area contributed by atoms with Gasteiger partial charge in [-0.3, -0.25) is 9.59 Å². The van der Waals surface area contributed by atoms with E-state index >= 15 is 0 Å². The van der Waals surface area contributed by atoms with Gasteiger partial charge in [-0.15, -0.1) is 0 Å². The predicted molar refractivity (Wildman–Crippen MR) is 45.5 cm³/mol. The lowest BCUT2D eigenvalue weighted by Crippen LogP contribution is -2.44. The normalized spacial score (nSPS) is 22.7. The molecule has 0 radical (unpaired) electrons. The van der Waals surface area contributed by atoms with Crippen molar-refractivity contribution in [3.05, 3.63) is 11.6 Å². The number of aliphatic hydroxyl groups is 1. The molecule has 0 aromatic rings. The lowest BCUT2D eigenvalue weighted by molar-refractivity contribution is -0.138. The van der Waals surface area contributed by atoms with Crippen molar-refractivity contribution in [2.24, 2.45) is 0 Å². The minimum atomic E-state index is -1.12. The van der Waals surface area contributed by atoms with Crippen LogP contribution in [0, 0.1) is 0 Å². The van der Waals surface area contributed by atoms with Crippen LogP contribution in [0.2, 0.25) is 0 Å². The minimum Gasteiger partial charge on any atom is -0.369 e. The number of amides is 2. The van der Waals surface area contributed by atoms with Crippen molar-refractivity contribution in [1.29, 1.82) is 0 Å². The van der Waals surface area contributed by atoms with E-state index in [0.29, 0.717) is 0 Å². The summed E-state index contributed by atoms with van der Waals surface area (Å²) < 4.78 is 0. The summed E-state index contributed by atoms with van der Waals surface area (Å²) in [5.74, 6) is -0.549. The third-order valence-corrected chi connectivity index (χ3v) is 2.02. The van der Waals surface area contributed by atoms with Gasteiger partial charge in [-0.25, -0.2) is 0 Å². The van der Waals surface area contributed by atoms with Crippen LogP contribution in [0.5, 0.6) is 0 Å². The van der Waals surface area contributed by atoms with Crippen molar-refractivity contribution < 1.29 is 14.7 Å². The Balaban J connectivity index is 2.88. The molecule has 72 valence electrons. The van der Waals surface area contributed by atoms with Crippen molar-refractivity contribution >= 4 is 11.8 Å². The zero-order valence-electron chi connectivity index (χ0n) is 7.57. The van der Waals surface area contributed by atoms with Gasteiger partial charge in [-0.05, 0) is 0 Å². The van der Waals surface area contributed by atoms with Crippen molar-refractivity contribution in [2.75, 3.05) is 14.1 Å². The second-order valence-corrected chi connectivity index (χ2v) is 2.82. The van der Waals surface area contributed by atoms with Crippen LogP contribution < -0.4 is 5.32 Å². The van der Waals surface area contributed by atoms with Gasteiger partial charge in [0.15, 0.2) is 6.23 Å². The molecule has 0 spiro atoms. The largest absolute Gasteiger partial charge is 0.369 e. The van der Waals surface area contributed by atoms with E-state index in [1.807, 2.05) is 0 Å². The van der Waals surface area contributed by atoms with E-state index in [0.717, 1.165) is 4.90 Å². The molecule has 0 aromatic heterocycles. The lowest BCUT2D eigenvalue weighted by atomic mass is 10.1. The molecular formula is C8H12N2O3. The van der Waals surface area contributed by atoms with E-state index in [-0.39, 0.29) is 23.8 Å². The monoisotopic (exact) mass is 184 g/mol. The maximum absolute atomic E-state index is 11.2. The molecule has 5 nitrogen and oxygen atoms in total. The number of nitrogens with zero attached hydrogens (tertiary/aromatic N) is 1. The molecule has 2 N–H and O–H groups in total. The average Bonchev–Trinajstić information content (AvgIpc) is 2.13. The van der Waals surface area contributed by atoms with Crippen LogP contribution in [0.3, 0.4) is 0 Å². The molecule has 1 unspecified atom stereocenters. The third kappa shape index (κ3) is 1.70. The van der Waals surface area contributed by atoms with Crippen molar-refractivity contribution in [2.45, 2.75) is 12.6 Å². The van der Waals surface area contributed by atoms with Gasteiger partial charge in [0.1, 0.15) is 0 Å². The Morgan fingerprint density at radius 1 is 1.77 bits per heavy atom. The van der Waals surface area contributed by atoms with Crippen molar-refractivity contribution in [3.8, 4) is 0 Å². The Morgan fingerprint density at radius 3 is 2.92 bits per heavy atom. The first-order valence-corrected chi connectivity index (χ1v) is 3.93. The summed E-state index contributed by atoms with van der Waals surface area (Å²) in [6.07, 6.45) is 0.489. The molecule has 1 aliphatic rings. The summed E-state index contributed by atoms with van der Waals surface area (Å²) in [5.41, 5.74) is 0.226. The van der Waals surface area contributed by atoms with Crippen LogP contribution in [0.15, 0.2) is 11.6 Å². The first-order chi connectivity index (χ1) is 6.07. The number of likely N-dealkylation sites (N-methyl/N-ethyl adjacent to an activating group) is 2. The first kappa shape index (κ1) is 9.73. The number of rotatable bonds is 1. The fourth-order valence-electron chi connectivity index (χ4n) is 1.15. The van der Waals surface area contributed by atoms with Gasteiger partial charge in [0.25, 0.3) is 5.91 Å². The van der Waals surface area contributed by atoms with E-state index in [1.165, 1.54) is 20.2 Å². The van der Waals surface area contributed by atoms with Crippen LogP contribution in [0.4, 0.5) is 0 Å². The second-order valence-electron chi connectivity index (χ2n) is 2.82. The number of hydrogen-bond donors (Lipinski definition) is 2. The molecule has 0 aromatic carbocycles. The molecule has 1 atom stereocenters. The maximum Gasteiger partial charge on any atom is 0.251 e. The molecule has 2 amide bonds. The average molecular weight is 184 g/mol. The number of carbonyl (C=O) groups is 2. The zero-order chi connectivity index (χ0) is 10.0. The van der Waals surface area contributed by atoms with E-state index in [9.17, 15) is 14.7 Å². The van der Waals surface area contributed by atoms with Gasteiger partial charge in [-0.1, -0.05) is 6.08 Å². The topological polar surface area (TPSA) is 69.6 Å². The van der Waals surface area contributed by atoms with Gasteiger partial charge in [-0.2, -0.15) is 0 Å². The van der Waals surface area contributed by atoms with Crippen LogP contribution in [0.1, 0.15) is 6.42 Å². The fraction of sp³-hybridized carbons (Fsp3) is 0.500. The highest BCUT2D eigenvalue weighted by Crippen LogP contribution is 2.14. The molecule has 1 aliphatic heterocycles. The quantitative estimate of drug-likeness (QED) is 0.540. The van der Waals surface area contributed by atoms with Crippen molar-refractivity contribution in [1.82, 2.24) is 10.2 Å². The van der Waals surface area contributed by atoms with Gasteiger partial charge in [0.05, 0.1) is 5.57 Å². The molecule has 0 aliphatic carbocycles. The van der Waals surface area contributed by atoms with Gasteiger partial charge in [0, 0.05) is 20.5 Å². The van der Waals surface area contributed by atoms with Gasteiger partial charge in [0.2, 0.25) is 5.91 Å². The summed E-state index contributed by atoms with van der Waals surface area (Å²) >= 11 is 0. The molecule has 0 saturated carbocycles. The zero-order valence-corrected chi connectivity index (χ0v) is 7.57. The minimum absolute atomic E-state index is 0.163. The van der Waals surface area contributed by atoms with E-state index in [1.54, 1.807) is 0 Å². The van der Waals surface area contributed by atoms with E-state index in [2.05, 4.69) is 5.32 Å². The van der Waals surface area contributed by atoms with Crippen LogP contribution in [-0.2, 0) is 9.59 Å². The Labute approximate surface area is 76.0 Å². The Morgan fingerprint density at radius 2 is 2.38 bits per heavy atom. The molecular weight excluding hydrogens is 172 g/mol. The molecule has 5 heteroatoms.